The lowest BCUT2D eigenvalue weighted by Crippen LogP contribution is -2.43. The molecule has 1 spiro atoms. The number of aliphatic carboxylic acids is 1. The van der Waals surface area contributed by atoms with Gasteiger partial charge in [-0.25, -0.2) is 4.98 Å². The number of carboxylic acid groups (broad SMARTS) is 1. The number of benzene rings is 1. The summed E-state index contributed by atoms with van der Waals surface area (Å²) in [5, 5.41) is 14.1. The number of unbranched alkanes of at least 4 members (excludes halogenated alkanes) is 1. The summed E-state index contributed by atoms with van der Waals surface area (Å²) >= 11 is 0. The summed E-state index contributed by atoms with van der Waals surface area (Å²) in [5.74, 6) is 0.367. The third-order valence-electron chi connectivity index (χ3n) is 11.0. The van der Waals surface area contributed by atoms with Crippen molar-refractivity contribution >= 4 is 23.4 Å². The highest BCUT2D eigenvalue weighted by atomic mass is 16.5. The van der Waals surface area contributed by atoms with Crippen LogP contribution in [0.1, 0.15) is 98.2 Å². The van der Waals surface area contributed by atoms with Gasteiger partial charge in [0.05, 0.1) is 11.5 Å². The minimum absolute atomic E-state index is 0.110. The Morgan fingerprint density at radius 1 is 1.20 bits per heavy atom. The van der Waals surface area contributed by atoms with E-state index >= 15 is 0 Å². The Labute approximate surface area is 266 Å². The van der Waals surface area contributed by atoms with Crippen molar-refractivity contribution in [1.29, 1.82) is 0 Å². The van der Waals surface area contributed by atoms with Crippen LogP contribution in [-0.2, 0) is 37.3 Å². The quantitative estimate of drug-likeness (QED) is 0.327. The van der Waals surface area contributed by atoms with E-state index in [1.54, 1.807) is 0 Å². The SMILES string of the molecule is Cc1cc([C@H](C(=O)O)N(C)[C@H]2CC[C@H](OCCCCc3ccc4c(n3)NCCC4)C2)c2c(c1)N(C1CCOCC1)C(=O)C21CC1. The molecule has 5 aliphatic rings. The summed E-state index contributed by atoms with van der Waals surface area (Å²) < 4.78 is 11.9. The van der Waals surface area contributed by atoms with E-state index in [4.69, 9.17) is 14.5 Å². The number of rotatable bonds is 11. The number of fused-ring (bicyclic) bond motifs is 3. The van der Waals surface area contributed by atoms with Crippen LogP contribution in [0.2, 0.25) is 0 Å². The van der Waals surface area contributed by atoms with Crippen molar-refractivity contribution in [3.8, 4) is 0 Å². The molecule has 3 aliphatic heterocycles. The highest BCUT2D eigenvalue weighted by Gasteiger charge is 2.62. The van der Waals surface area contributed by atoms with Gasteiger partial charge in [-0.3, -0.25) is 14.5 Å². The molecule has 0 unspecified atom stereocenters. The van der Waals surface area contributed by atoms with Crippen LogP contribution in [0.5, 0.6) is 0 Å². The molecule has 7 rings (SSSR count). The molecule has 2 aliphatic carbocycles. The van der Waals surface area contributed by atoms with E-state index in [1.807, 2.05) is 29.8 Å². The summed E-state index contributed by atoms with van der Waals surface area (Å²) in [4.78, 5) is 35.9. The fraction of sp³-hybridized carbons (Fsp3) is 0.639. The largest absolute Gasteiger partial charge is 0.480 e. The monoisotopic (exact) mass is 616 g/mol. The van der Waals surface area contributed by atoms with Crippen LogP contribution in [0.15, 0.2) is 24.3 Å². The van der Waals surface area contributed by atoms with Gasteiger partial charge >= 0.3 is 5.97 Å². The lowest BCUT2D eigenvalue weighted by Gasteiger charge is -2.33. The smallest absolute Gasteiger partial charge is 0.325 e. The molecule has 1 amide bonds. The van der Waals surface area contributed by atoms with Crippen molar-refractivity contribution in [2.75, 3.05) is 43.6 Å². The number of pyridine rings is 1. The topological polar surface area (TPSA) is 104 Å². The molecule has 0 bridgehead atoms. The van der Waals surface area contributed by atoms with E-state index in [-0.39, 0.29) is 24.1 Å². The van der Waals surface area contributed by atoms with Gasteiger partial charge in [0, 0.05) is 49.8 Å². The van der Waals surface area contributed by atoms with Gasteiger partial charge in [0.2, 0.25) is 5.91 Å². The number of amides is 1. The van der Waals surface area contributed by atoms with Crippen LogP contribution in [0.25, 0.3) is 0 Å². The third kappa shape index (κ3) is 5.87. The van der Waals surface area contributed by atoms with E-state index in [9.17, 15) is 14.7 Å². The maximum absolute atomic E-state index is 14.0. The molecular weight excluding hydrogens is 568 g/mol. The molecule has 45 heavy (non-hydrogen) atoms. The molecule has 9 heteroatoms. The van der Waals surface area contributed by atoms with Crippen molar-refractivity contribution < 1.29 is 24.2 Å². The maximum atomic E-state index is 14.0. The highest BCUT2D eigenvalue weighted by Crippen LogP contribution is 2.60. The lowest BCUT2D eigenvalue weighted by molar-refractivity contribution is -0.144. The molecule has 3 atom stereocenters. The normalized spacial score (nSPS) is 24.5. The average Bonchev–Trinajstić information content (AvgIpc) is 3.63. The van der Waals surface area contributed by atoms with Crippen molar-refractivity contribution in [2.45, 2.75) is 114 Å². The first-order valence-electron chi connectivity index (χ1n) is 17.2. The number of carbonyl (C=O) groups is 2. The van der Waals surface area contributed by atoms with E-state index in [0.29, 0.717) is 19.8 Å². The number of anilines is 2. The Bertz CT molecular complexity index is 1430. The number of nitrogens with zero attached hydrogens (tertiary/aromatic N) is 3. The number of carboxylic acids is 1. The van der Waals surface area contributed by atoms with Crippen molar-refractivity contribution in [3.63, 3.8) is 0 Å². The zero-order valence-corrected chi connectivity index (χ0v) is 26.9. The number of aromatic nitrogens is 1. The van der Waals surface area contributed by atoms with Crippen LogP contribution in [0.4, 0.5) is 11.5 Å². The average molecular weight is 617 g/mol. The Balaban J connectivity index is 0.993. The summed E-state index contributed by atoms with van der Waals surface area (Å²) in [6, 6.07) is 7.94. The summed E-state index contributed by atoms with van der Waals surface area (Å²) in [6.45, 7) is 5.05. The molecule has 2 N–H and O–H groups in total. The third-order valence-corrected chi connectivity index (χ3v) is 11.0. The Hall–Kier alpha value is -3.01. The van der Waals surface area contributed by atoms with E-state index in [2.05, 4.69) is 23.5 Å². The van der Waals surface area contributed by atoms with Gasteiger partial charge in [0.25, 0.3) is 0 Å². The van der Waals surface area contributed by atoms with Crippen molar-refractivity contribution in [2.24, 2.45) is 0 Å². The molecule has 1 aromatic heterocycles. The molecule has 2 saturated carbocycles. The Morgan fingerprint density at radius 3 is 2.80 bits per heavy atom. The molecule has 0 radical (unpaired) electrons. The molecule has 1 aromatic carbocycles. The van der Waals surface area contributed by atoms with Crippen molar-refractivity contribution in [1.82, 2.24) is 9.88 Å². The number of likely N-dealkylation sites (N-methyl/N-ethyl adjacent to an activating group) is 1. The van der Waals surface area contributed by atoms with E-state index in [1.165, 1.54) is 12.0 Å². The zero-order chi connectivity index (χ0) is 31.1. The first-order chi connectivity index (χ1) is 21.9. The molecule has 2 aromatic rings. The Morgan fingerprint density at radius 2 is 2.02 bits per heavy atom. The fourth-order valence-electron chi connectivity index (χ4n) is 8.41. The first-order valence-corrected chi connectivity index (χ1v) is 17.2. The van der Waals surface area contributed by atoms with Gasteiger partial charge in [-0.1, -0.05) is 12.1 Å². The summed E-state index contributed by atoms with van der Waals surface area (Å²) in [7, 11) is 1.95. The fourth-order valence-corrected chi connectivity index (χ4v) is 8.41. The summed E-state index contributed by atoms with van der Waals surface area (Å²) in [6.07, 6.45) is 11.3. The van der Waals surface area contributed by atoms with Gasteiger partial charge in [-0.15, -0.1) is 0 Å². The molecule has 1 saturated heterocycles. The van der Waals surface area contributed by atoms with Gasteiger partial charge in [-0.2, -0.15) is 0 Å². The van der Waals surface area contributed by atoms with Crippen LogP contribution in [0, 0.1) is 6.92 Å². The van der Waals surface area contributed by atoms with Gasteiger partial charge < -0.3 is 24.8 Å². The molecular formula is C36H48N4O5. The highest BCUT2D eigenvalue weighted by molar-refractivity contribution is 6.11. The first kappa shape index (κ1) is 30.6. The minimum Gasteiger partial charge on any atom is -0.480 e. The minimum atomic E-state index is -0.853. The number of nitrogens with one attached hydrogen (secondary N) is 1. The predicted octanol–water partition coefficient (Wildman–Crippen LogP) is 5.32. The summed E-state index contributed by atoms with van der Waals surface area (Å²) in [5.41, 5.74) is 5.61. The van der Waals surface area contributed by atoms with Crippen LogP contribution in [-0.4, -0.2) is 78.5 Å². The van der Waals surface area contributed by atoms with E-state index < -0.39 is 17.4 Å². The molecule has 242 valence electrons. The second-order valence-electron chi connectivity index (χ2n) is 14.0. The van der Waals surface area contributed by atoms with Gasteiger partial charge in [0.15, 0.2) is 0 Å². The molecule has 9 nitrogen and oxygen atoms in total. The number of ether oxygens (including phenoxy) is 2. The number of aryl methyl sites for hydroxylation is 3. The van der Waals surface area contributed by atoms with Crippen LogP contribution < -0.4 is 10.2 Å². The number of hydrogen-bond donors (Lipinski definition) is 2. The number of carbonyl (C=O) groups excluding carboxylic acids is 1. The maximum Gasteiger partial charge on any atom is 0.325 e. The lowest BCUT2D eigenvalue weighted by atomic mass is 9.87. The standard InChI is InChI=1S/C36H48N4O5/c1-23-20-29(31-30(21-23)40(26-12-18-44-19-13-26)35(43)36(31)14-15-36)32(34(41)42)39(2)27-10-11-28(22-27)45-17-4-3-7-25-9-8-24-6-5-16-37-33(24)38-25/h8-9,20-21,26-28,32H,3-7,10-19,22H2,1-2H3,(H,37,38)(H,41,42)/t27-,28-,32+/m0/s1. The zero-order valence-electron chi connectivity index (χ0n) is 26.9. The molecule has 4 heterocycles. The van der Waals surface area contributed by atoms with E-state index in [0.717, 1.165) is 111 Å². The Kier molecular flexibility index (Phi) is 8.61. The van der Waals surface area contributed by atoms with Gasteiger partial charge in [0.1, 0.15) is 11.9 Å². The van der Waals surface area contributed by atoms with Crippen LogP contribution in [0.3, 0.4) is 0 Å². The van der Waals surface area contributed by atoms with Crippen molar-refractivity contribution in [3.05, 3.63) is 52.2 Å². The van der Waals surface area contributed by atoms with Gasteiger partial charge in [-0.05, 0) is 125 Å². The molecule has 3 fully saturated rings. The number of hydrogen-bond acceptors (Lipinski definition) is 7. The predicted molar refractivity (Wildman–Crippen MR) is 173 cm³/mol. The second-order valence-corrected chi connectivity index (χ2v) is 14.0. The van der Waals surface area contributed by atoms with Crippen LogP contribution >= 0.6 is 0 Å². The second kappa shape index (κ2) is 12.6.